The maximum atomic E-state index is 12.9. The Kier molecular flexibility index (Phi) is 7.42. The van der Waals surface area contributed by atoms with E-state index in [1.165, 1.54) is 23.3 Å². The normalized spacial score (nSPS) is 15.8. The summed E-state index contributed by atoms with van der Waals surface area (Å²) in [6, 6.07) is 7.10. The minimum absolute atomic E-state index is 0.206. The number of ether oxygens (including phenoxy) is 2. The topological polar surface area (TPSA) is 64.6 Å². The molecule has 5 nitrogen and oxygen atoms in total. The number of carbonyl (C=O) groups is 2. The Bertz CT molecular complexity index is 924. The molecule has 0 saturated carbocycles. The fraction of sp³-hybridized carbons (Fsp3) is 0.520. The average molecular weight is 444 g/mol. The van der Waals surface area contributed by atoms with Crippen LogP contribution in [0, 0.1) is 11.3 Å². The number of nitrogens with one attached hydrogen (secondary N) is 1. The fourth-order valence-corrected chi connectivity index (χ4v) is 5.25. The van der Waals surface area contributed by atoms with Gasteiger partial charge in [0.1, 0.15) is 10.8 Å². The summed E-state index contributed by atoms with van der Waals surface area (Å²) >= 11 is 1.51. The monoisotopic (exact) mass is 443 g/mol. The lowest BCUT2D eigenvalue weighted by molar-refractivity contribution is 0.0600. The van der Waals surface area contributed by atoms with Crippen molar-refractivity contribution < 1.29 is 19.1 Å². The molecule has 1 N–H and O–H groups in total. The number of carbonyl (C=O) groups excluding carboxylic acids is 2. The Morgan fingerprint density at radius 1 is 1.19 bits per heavy atom. The molecule has 0 spiro atoms. The second kappa shape index (κ2) is 9.86. The first-order valence-electron chi connectivity index (χ1n) is 11.0. The number of benzene rings is 1. The molecule has 0 fully saturated rings. The molecule has 0 aliphatic heterocycles. The summed E-state index contributed by atoms with van der Waals surface area (Å²) in [5.74, 6) is 0.672. The highest BCUT2D eigenvalue weighted by molar-refractivity contribution is 7.17. The van der Waals surface area contributed by atoms with Gasteiger partial charge < -0.3 is 14.8 Å². The molecule has 168 valence electrons. The van der Waals surface area contributed by atoms with E-state index in [1.54, 1.807) is 24.3 Å². The second-order valence-corrected chi connectivity index (χ2v) is 10.3. The Morgan fingerprint density at radius 3 is 2.52 bits per heavy atom. The minimum Gasteiger partial charge on any atom is -0.494 e. The molecule has 1 unspecified atom stereocenters. The number of hydrogen-bond acceptors (Lipinski definition) is 5. The van der Waals surface area contributed by atoms with E-state index in [9.17, 15) is 9.59 Å². The minimum atomic E-state index is -0.387. The molecule has 2 aromatic rings. The zero-order chi connectivity index (χ0) is 22.6. The van der Waals surface area contributed by atoms with Crippen LogP contribution in [0.2, 0.25) is 0 Å². The quantitative estimate of drug-likeness (QED) is 0.414. The van der Waals surface area contributed by atoms with E-state index in [4.69, 9.17) is 9.47 Å². The predicted molar refractivity (Wildman–Crippen MR) is 125 cm³/mol. The maximum Gasteiger partial charge on any atom is 0.341 e. The van der Waals surface area contributed by atoms with E-state index < -0.39 is 0 Å². The summed E-state index contributed by atoms with van der Waals surface area (Å²) in [5.41, 5.74) is 2.28. The SMILES string of the molecule is CCCCOc1ccc(C(=O)Nc2sc3c(c2C(=O)OC)CCC(C(C)(C)C)C3)cc1. The van der Waals surface area contributed by atoms with Crippen LogP contribution in [0.15, 0.2) is 24.3 Å². The van der Waals surface area contributed by atoms with Crippen LogP contribution in [0.25, 0.3) is 0 Å². The van der Waals surface area contributed by atoms with Crippen molar-refractivity contribution in [2.24, 2.45) is 11.3 Å². The van der Waals surface area contributed by atoms with Gasteiger partial charge in [-0.2, -0.15) is 0 Å². The van der Waals surface area contributed by atoms with Gasteiger partial charge in [0, 0.05) is 10.4 Å². The van der Waals surface area contributed by atoms with Crippen LogP contribution >= 0.6 is 11.3 Å². The van der Waals surface area contributed by atoms with E-state index in [2.05, 4.69) is 33.0 Å². The van der Waals surface area contributed by atoms with Gasteiger partial charge in [-0.25, -0.2) is 4.79 Å². The largest absolute Gasteiger partial charge is 0.494 e. The van der Waals surface area contributed by atoms with Crippen molar-refractivity contribution >= 4 is 28.2 Å². The van der Waals surface area contributed by atoms with Crippen molar-refractivity contribution in [2.45, 2.75) is 59.8 Å². The molecule has 1 aromatic carbocycles. The van der Waals surface area contributed by atoms with Crippen LogP contribution in [0.5, 0.6) is 5.75 Å². The molecular weight excluding hydrogens is 410 g/mol. The predicted octanol–water partition coefficient (Wildman–Crippen LogP) is 6.12. The van der Waals surface area contributed by atoms with Gasteiger partial charge in [0.05, 0.1) is 19.3 Å². The third kappa shape index (κ3) is 5.48. The van der Waals surface area contributed by atoms with Gasteiger partial charge in [0.15, 0.2) is 0 Å². The molecule has 1 atom stereocenters. The van der Waals surface area contributed by atoms with Gasteiger partial charge in [-0.3, -0.25) is 4.79 Å². The maximum absolute atomic E-state index is 12.9. The molecule has 1 aliphatic carbocycles. The number of rotatable bonds is 7. The van der Waals surface area contributed by atoms with Crippen molar-refractivity contribution in [3.63, 3.8) is 0 Å². The van der Waals surface area contributed by atoms with Crippen LogP contribution in [0.4, 0.5) is 5.00 Å². The molecule has 0 bridgehead atoms. The van der Waals surface area contributed by atoms with Crippen LogP contribution < -0.4 is 10.1 Å². The number of methoxy groups -OCH3 is 1. The molecular formula is C25H33NO4S. The summed E-state index contributed by atoms with van der Waals surface area (Å²) < 4.78 is 10.7. The second-order valence-electron chi connectivity index (χ2n) is 9.19. The Balaban J connectivity index is 1.80. The van der Waals surface area contributed by atoms with Crippen molar-refractivity contribution in [3.05, 3.63) is 45.8 Å². The smallest absolute Gasteiger partial charge is 0.341 e. The standard InChI is InChI=1S/C25H33NO4S/c1-6-7-14-30-18-11-8-16(9-12-18)22(27)26-23-21(24(28)29-5)19-13-10-17(25(2,3)4)15-20(19)31-23/h8-9,11-12,17H,6-7,10,13-15H2,1-5H3,(H,26,27). The van der Waals surface area contributed by atoms with Gasteiger partial charge in [-0.05, 0) is 66.8 Å². The lowest BCUT2D eigenvalue weighted by atomic mass is 9.72. The number of amides is 1. The van der Waals surface area contributed by atoms with E-state index in [0.29, 0.717) is 28.7 Å². The first-order valence-corrected chi connectivity index (χ1v) is 11.8. The van der Waals surface area contributed by atoms with Crippen molar-refractivity contribution in [1.29, 1.82) is 0 Å². The summed E-state index contributed by atoms with van der Waals surface area (Å²) in [4.78, 5) is 26.6. The lowest BCUT2D eigenvalue weighted by Gasteiger charge is -2.33. The van der Waals surface area contributed by atoms with E-state index in [0.717, 1.165) is 43.4 Å². The Morgan fingerprint density at radius 2 is 1.90 bits per heavy atom. The highest BCUT2D eigenvalue weighted by Gasteiger charge is 2.34. The van der Waals surface area contributed by atoms with Gasteiger partial charge >= 0.3 is 5.97 Å². The molecule has 3 rings (SSSR count). The van der Waals surface area contributed by atoms with Gasteiger partial charge in [-0.1, -0.05) is 34.1 Å². The molecule has 6 heteroatoms. The van der Waals surface area contributed by atoms with E-state index >= 15 is 0 Å². The van der Waals surface area contributed by atoms with Crippen molar-refractivity contribution in [3.8, 4) is 5.75 Å². The van der Waals surface area contributed by atoms with Crippen molar-refractivity contribution in [2.75, 3.05) is 19.0 Å². The zero-order valence-electron chi connectivity index (χ0n) is 19.2. The van der Waals surface area contributed by atoms with Gasteiger partial charge in [-0.15, -0.1) is 11.3 Å². The van der Waals surface area contributed by atoms with Crippen LogP contribution in [0.1, 0.15) is 78.1 Å². The Hall–Kier alpha value is -2.34. The van der Waals surface area contributed by atoms with Gasteiger partial charge in [0.2, 0.25) is 0 Å². The lowest BCUT2D eigenvalue weighted by Crippen LogP contribution is -2.26. The van der Waals surface area contributed by atoms with E-state index in [-0.39, 0.29) is 17.3 Å². The van der Waals surface area contributed by atoms with Crippen LogP contribution in [0.3, 0.4) is 0 Å². The highest BCUT2D eigenvalue weighted by atomic mass is 32.1. The first kappa shape index (κ1) is 23.3. The molecule has 1 amide bonds. The molecule has 31 heavy (non-hydrogen) atoms. The van der Waals surface area contributed by atoms with Crippen molar-refractivity contribution in [1.82, 2.24) is 0 Å². The Labute approximate surface area is 189 Å². The molecule has 0 radical (unpaired) electrons. The summed E-state index contributed by atoms with van der Waals surface area (Å²) in [6.07, 6.45) is 4.86. The number of fused-ring (bicyclic) bond motifs is 1. The third-order valence-electron chi connectivity index (χ3n) is 5.99. The number of esters is 1. The number of hydrogen-bond donors (Lipinski definition) is 1. The number of thiophene rings is 1. The van der Waals surface area contributed by atoms with Gasteiger partial charge in [0.25, 0.3) is 5.91 Å². The summed E-state index contributed by atoms with van der Waals surface area (Å²) in [5, 5.41) is 3.55. The molecule has 1 heterocycles. The van der Waals surface area contributed by atoms with E-state index in [1.807, 2.05) is 0 Å². The molecule has 0 saturated heterocycles. The number of unbranched alkanes of at least 4 members (excludes halogenated alkanes) is 1. The van der Waals surface area contributed by atoms with Crippen LogP contribution in [-0.4, -0.2) is 25.6 Å². The molecule has 1 aromatic heterocycles. The summed E-state index contributed by atoms with van der Waals surface area (Å²) in [7, 11) is 1.38. The number of anilines is 1. The first-order chi connectivity index (χ1) is 14.7. The average Bonchev–Trinajstić information content (AvgIpc) is 3.10. The molecule has 1 aliphatic rings. The zero-order valence-corrected chi connectivity index (χ0v) is 20.0. The third-order valence-corrected chi connectivity index (χ3v) is 7.16. The fourth-order valence-electron chi connectivity index (χ4n) is 3.94. The highest BCUT2D eigenvalue weighted by Crippen LogP contribution is 2.44. The summed E-state index contributed by atoms with van der Waals surface area (Å²) in [6.45, 7) is 9.56. The van der Waals surface area contributed by atoms with Crippen LogP contribution in [-0.2, 0) is 17.6 Å².